The van der Waals surface area contributed by atoms with Crippen LogP contribution in [0.3, 0.4) is 0 Å². The van der Waals surface area contributed by atoms with Gasteiger partial charge in [-0.25, -0.2) is 0 Å². The summed E-state index contributed by atoms with van der Waals surface area (Å²) < 4.78 is 54.3. The van der Waals surface area contributed by atoms with Gasteiger partial charge in [-0.05, 0) is 35.4 Å². The maximum absolute atomic E-state index is 12.8. The topological polar surface area (TPSA) is 27.7 Å². The van der Waals surface area contributed by atoms with Gasteiger partial charge in [0.1, 0.15) is 12.5 Å². The highest BCUT2D eigenvalue weighted by molar-refractivity contribution is 5.38. The third-order valence-electron chi connectivity index (χ3n) is 4.09. The molecule has 1 fully saturated rings. The van der Waals surface area contributed by atoms with Crippen LogP contribution < -0.4 is 4.74 Å². The highest BCUT2D eigenvalue weighted by atomic mass is 19.4. The quantitative estimate of drug-likeness (QED) is 0.835. The highest BCUT2D eigenvalue weighted by Gasteiger charge is 2.32. The maximum Gasteiger partial charge on any atom is 0.416 e. The van der Waals surface area contributed by atoms with Gasteiger partial charge >= 0.3 is 6.18 Å². The first-order valence-corrected chi connectivity index (χ1v) is 7.49. The van der Waals surface area contributed by atoms with E-state index in [4.69, 9.17) is 14.2 Å². The Morgan fingerprint density at radius 2 is 1.58 bits per heavy atom. The van der Waals surface area contributed by atoms with Crippen LogP contribution in [0, 0.1) is 0 Å². The molecule has 1 aliphatic heterocycles. The standard InChI is InChI=1S/C18H17F3O3/c1-22-15-8-4-13(5-9-15)17(16-10-23-11-24-16)12-2-6-14(7-3-12)18(19,20)21/h2-9,16-17H,10-11H2,1H3/t16-,17-/m1/s1. The van der Waals surface area contributed by atoms with Crippen molar-refractivity contribution < 1.29 is 27.4 Å². The van der Waals surface area contributed by atoms with Crippen molar-refractivity contribution in [2.45, 2.75) is 18.2 Å². The average molecular weight is 338 g/mol. The molecule has 0 spiro atoms. The van der Waals surface area contributed by atoms with Crippen LogP contribution in [-0.2, 0) is 15.7 Å². The van der Waals surface area contributed by atoms with Crippen molar-refractivity contribution in [3.8, 4) is 5.75 Å². The molecular formula is C18H17F3O3. The van der Waals surface area contributed by atoms with Crippen molar-refractivity contribution in [3.63, 3.8) is 0 Å². The largest absolute Gasteiger partial charge is 0.497 e. The Labute approximate surface area is 138 Å². The number of halogens is 3. The van der Waals surface area contributed by atoms with Crippen molar-refractivity contribution >= 4 is 0 Å². The molecule has 2 aromatic rings. The van der Waals surface area contributed by atoms with Crippen LogP contribution in [0.15, 0.2) is 48.5 Å². The molecule has 0 radical (unpaired) electrons. The zero-order valence-electron chi connectivity index (χ0n) is 13.0. The van der Waals surface area contributed by atoms with Gasteiger partial charge in [0.2, 0.25) is 0 Å². The van der Waals surface area contributed by atoms with E-state index in [9.17, 15) is 13.2 Å². The summed E-state index contributed by atoms with van der Waals surface area (Å²) in [7, 11) is 1.58. The van der Waals surface area contributed by atoms with Crippen LogP contribution in [0.4, 0.5) is 13.2 Å². The van der Waals surface area contributed by atoms with E-state index in [1.807, 2.05) is 24.3 Å². The van der Waals surface area contributed by atoms with Gasteiger partial charge in [0, 0.05) is 5.92 Å². The van der Waals surface area contributed by atoms with Crippen molar-refractivity contribution in [1.82, 2.24) is 0 Å². The Morgan fingerprint density at radius 3 is 2.04 bits per heavy atom. The lowest BCUT2D eigenvalue weighted by atomic mass is 9.86. The lowest BCUT2D eigenvalue weighted by molar-refractivity contribution is -0.137. The molecule has 0 unspecified atom stereocenters. The third kappa shape index (κ3) is 3.55. The van der Waals surface area contributed by atoms with E-state index in [0.717, 1.165) is 23.3 Å². The van der Waals surface area contributed by atoms with Crippen LogP contribution in [-0.4, -0.2) is 26.6 Å². The SMILES string of the molecule is COc1ccc([C@@H](c2ccc(C(F)(F)F)cc2)[C@H]2COCO2)cc1. The van der Waals surface area contributed by atoms with Gasteiger partial charge in [0.15, 0.2) is 0 Å². The van der Waals surface area contributed by atoms with E-state index in [-0.39, 0.29) is 18.8 Å². The molecule has 0 bridgehead atoms. The Balaban J connectivity index is 1.95. The lowest BCUT2D eigenvalue weighted by Gasteiger charge is -2.23. The summed E-state index contributed by atoms with van der Waals surface area (Å²) in [6.07, 6.45) is -4.59. The molecule has 0 aromatic heterocycles. The number of ether oxygens (including phenoxy) is 3. The van der Waals surface area contributed by atoms with E-state index in [0.29, 0.717) is 12.4 Å². The molecule has 3 rings (SSSR count). The monoisotopic (exact) mass is 338 g/mol. The molecule has 1 aliphatic rings. The van der Waals surface area contributed by atoms with Crippen molar-refractivity contribution in [3.05, 3.63) is 65.2 Å². The molecule has 24 heavy (non-hydrogen) atoms. The van der Waals surface area contributed by atoms with Gasteiger partial charge in [-0.15, -0.1) is 0 Å². The molecule has 1 saturated heterocycles. The number of benzene rings is 2. The predicted molar refractivity (Wildman–Crippen MR) is 82.0 cm³/mol. The van der Waals surface area contributed by atoms with E-state index in [1.54, 1.807) is 7.11 Å². The van der Waals surface area contributed by atoms with E-state index >= 15 is 0 Å². The van der Waals surface area contributed by atoms with Crippen molar-refractivity contribution in [2.75, 3.05) is 20.5 Å². The summed E-state index contributed by atoms with van der Waals surface area (Å²) >= 11 is 0. The second-order valence-corrected chi connectivity index (χ2v) is 5.56. The normalized spacial score (nSPS) is 19.2. The Kier molecular flexibility index (Phi) is 4.78. The zero-order chi connectivity index (χ0) is 17.2. The molecule has 128 valence electrons. The van der Waals surface area contributed by atoms with Crippen molar-refractivity contribution in [2.24, 2.45) is 0 Å². The third-order valence-corrected chi connectivity index (χ3v) is 4.09. The molecule has 2 atom stereocenters. The van der Waals surface area contributed by atoms with Crippen molar-refractivity contribution in [1.29, 1.82) is 0 Å². The van der Waals surface area contributed by atoms with E-state index < -0.39 is 11.7 Å². The molecule has 0 amide bonds. The predicted octanol–water partition coefficient (Wildman–Crippen LogP) is 4.22. The summed E-state index contributed by atoms with van der Waals surface area (Å²) in [4.78, 5) is 0. The molecular weight excluding hydrogens is 321 g/mol. The summed E-state index contributed by atoms with van der Waals surface area (Å²) in [5, 5.41) is 0. The molecule has 6 heteroatoms. The molecule has 1 heterocycles. The van der Waals surface area contributed by atoms with Gasteiger partial charge in [-0.3, -0.25) is 0 Å². The van der Waals surface area contributed by atoms with Gasteiger partial charge in [0.05, 0.1) is 25.4 Å². The Hall–Kier alpha value is -2.05. The Bertz CT molecular complexity index is 659. The first-order valence-electron chi connectivity index (χ1n) is 7.49. The summed E-state index contributed by atoms with van der Waals surface area (Å²) in [6.45, 7) is 0.593. The maximum atomic E-state index is 12.8. The minimum atomic E-state index is -4.35. The van der Waals surface area contributed by atoms with Crippen LogP contribution in [0.2, 0.25) is 0 Å². The van der Waals surface area contributed by atoms with Gasteiger partial charge in [-0.2, -0.15) is 13.2 Å². The fourth-order valence-corrected chi connectivity index (χ4v) is 2.85. The first-order chi connectivity index (χ1) is 11.5. The van der Waals surface area contributed by atoms with Crippen LogP contribution >= 0.6 is 0 Å². The molecule has 3 nitrogen and oxygen atoms in total. The molecule has 0 saturated carbocycles. The van der Waals surface area contributed by atoms with Gasteiger partial charge < -0.3 is 14.2 Å². The first kappa shape index (κ1) is 16.8. The zero-order valence-corrected chi connectivity index (χ0v) is 13.0. The minimum Gasteiger partial charge on any atom is -0.497 e. The fraction of sp³-hybridized carbons (Fsp3) is 0.333. The molecule has 2 aromatic carbocycles. The van der Waals surface area contributed by atoms with Gasteiger partial charge in [0.25, 0.3) is 0 Å². The second-order valence-electron chi connectivity index (χ2n) is 5.56. The second kappa shape index (κ2) is 6.83. The van der Waals surface area contributed by atoms with E-state index in [2.05, 4.69) is 0 Å². The number of hydrogen-bond donors (Lipinski definition) is 0. The average Bonchev–Trinajstić information content (AvgIpc) is 3.09. The fourth-order valence-electron chi connectivity index (χ4n) is 2.85. The number of rotatable bonds is 4. The lowest BCUT2D eigenvalue weighted by Crippen LogP contribution is -2.22. The Morgan fingerprint density at radius 1 is 1.00 bits per heavy atom. The summed E-state index contributed by atoms with van der Waals surface area (Å²) in [5.41, 5.74) is 1.03. The van der Waals surface area contributed by atoms with Gasteiger partial charge in [-0.1, -0.05) is 24.3 Å². The summed E-state index contributed by atoms with van der Waals surface area (Å²) in [6, 6.07) is 12.6. The van der Waals surface area contributed by atoms with Crippen LogP contribution in [0.25, 0.3) is 0 Å². The number of methoxy groups -OCH3 is 1. The minimum absolute atomic E-state index is 0.192. The highest BCUT2D eigenvalue weighted by Crippen LogP contribution is 2.35. The van der Waals surface area contributed by atoms with Crippen LogP contribution in [0.5, 0.6) is 5.75 Å². The van der Waals surface area contributed by atoms with Crippen LogP contribution in [0.1, 0.15) is 22.6 Å². The number of alkyl halides is 3. The molecule has 0 N–H and O–H groups in total. The van der Waals surface area contributed by atoms with E-state index in [1.165, 1.54) is 12.1 Å². The molecule has 0 aliphatic carbocycles. The smallest absolute Gasteiger partial charge is 0.416 e. The summed E-state index contributed by atoms with van der Waals surface area (Å²) in [5.74, 6) is 0.509. The number of hydrogen-bond acceptors (Lipinski definition) is 3.